The Morgan fingerprint density at radius 2 is 1.88 bits per heavy atom. The summed E-state index contributed by atoms with van der Waals surface area (Å²) >= 11 is 0. The van der Waals surface area contributed by atoms with E-state index >= 15 is 0 Å². The van der Waals surface area contributed by atoms with Crippen molar-refractivity contribution in [3.63, 3.8) is 0 Å². The number of ether oxygens (including phenoxy) is 1. The zero-order valence-electron chi connectivity index (χ0n) is 9.31. The zero-order valence-corrected chi connectivity index (χ0v) is 9.31. The van der Waals surface area contributed by atoms with Crippen LogP contribution in [0.15, 0.2) is 0 Å². The normalized spacial score (nSPS) is 43.9. The first-order valence-corrected chi connectivity index (χ1v) is 5.48. The van der Waals surface area contributed by atoms with E-state index in [0.717, 1.165) is 0 Å². The molecule has 0 unspecified atom stereocenters. The second kappa shape index (κ2) is 4.60. The van der Waals surface area contributed by atoms with Gasteiger partial charge in [-0.15, -0.1) is 0 Å². The van der Waals surface area contributed by atoms with Gasteiger partial charge in [0, 0.05) is 0 Å². The van der Waals surface area contributed by atoms with Gasteiger partial charge in [0.25, 0.3) is 0 Å². The third kappa shape index (κ3) is 1.99. The number of aliphatic hydroxyl groups excluding tert-OH is 3. The third-order valence-corrected chi connectivity index (χ3v) is 2.93. The maximum absolute atomic E-state index is 9.80. The number of fused-ring (bicyclic) bond motifs is 1. The monoisotopic (exact) mass is 232 g/mol. The molecule has 0 amide bonds. The van der Waals surface area contributed by atoms with Gasteiger partial charge >= 0.3 is 7.12 Å². The minimum absolute atomic E-state index is 0.131. The fraction of sp³-hybridized carbons (Fsp3) is 1.00. The third-order valence-electron chi connectivity index (χ3n) is 2.93. The highest BCUT2D eigenvalue weighted by Gasteiger charge is 2.52. The Hall–Kier alpha value is -0.175. The predicted molar refractivity (Wildman–Crippen MR) is 54.6 cm³/mol. The predicted octanol–water partition coefficient (Wildman–Crippen LogP) is -1.26. The van der Waals surface area contributed by atoms with Gasteiger partial charge < -0.3 is 29.4 Å². The molecule has 5 atom stereocenters. The summed E-state index contributed by atoms with van der Waals surface area (Å²) in [6.45, 7) is 3.49. The lowest BCUT2D eigenvalue weighted by molar-refractivity contribution is -0.249. The highest BCUT2D eigenvalue weighted by Crippen LogP contribution is 2.32. The molecule has 2 heterocycles. The van der Waals surface area contributed by atoms with Gasteiger partial charge in [-0.05, 0) is 5.82 Å². The first-order chi connectivity index (χ1) is 7.54. The van der Waals surface area contributed by atoms with Gasteiger partial charge in [0.2, 0.25) is 0 Å². The standard InChI is InChI=1S/C9H17BO6/c1-4(2)10-15-8-7(13)6(12)5(3-11)14-9(8)16-10/h4-9,11-13H,3H2,1-2H3/t5-,6-,7+,8-,9-/m1/s1. The largest absolute Gasteiger partial charge is 0.462 e. The van der Waals surface area contributed by atoms with Crippen LogP contribution in [0.1, 0.15) is 13.8 Å². The molecule has 2 aliphatic heterocycles. The summed E-state index contributed by atoms with van der Waals surface area (Å²) in [7, 11) is -0.450. The molecule has 2 saturated heterocycles. The molecule has 0 aliphatic carbocycles. The van der Waals surface area contributed by atoms with Crippen molar-refractivity contribution in [2.24, 2.45) is 0 Å². The van der Waals surface area contributed by atoms with Crippen molar-refractivity contribution in [1.29, 1.82) is 0 Å². The van der Waals surface area contributed by atoms with Gasteiger partial charge in [0.15, 0.2) is 6.29 Å². The van der Waals surface area contributed by atoms with Crippen LogP contribution in [0, 0.1) is 0 Å². The van der Waals surface area contributed by atoms with E-state index in [1.54, 1.807) is 0 Å². The summed E-state index contributed by atoms with van der Waals surface area (Å²) in [6, 6.07) is 0. The van der Waals surface area contributed by atoms with Crippen LogP contribution >= 0.6 is 0 Å². The molecule has 2 aliphatic rings. The molecule has 92 valence electrons. The second-order valence-corrected chi connectivity index (χ2v) is 4.56. The first kappa shape index (κ1) is 12.3. The molecular formula is C9H17BO6. The topological polar surface area (TPSA) is 88.4 Å². The van der Waals surface area contributed by atoms with Crippen molar-refractivity contribution in [1.82, 2.24) is 0 Å². The molecule has 0 aromatic heterocycles. The molecule has 0 aromatic rings. The van der Waals surface area contributed by atoms with Crippen molar-refractivity contribution in [3.8, 4) is 0 Å². The Kier molecular flexibility index (Phi) is 3.53. The van der Waals surface area contributed by atoms with Crippen LogP contribution in [0.3, 0.4) is 0 Å². The molecule has 7 heteroatoms. The van der Waals surface area contributed by atoms with Crippen LogP contribution in [0.5, 0.6) is 0 Å². The lowest BCUT2D eigenvalue weighted by atomic mass is 9.75. The number of rotatable bonds is 2. The van der Waals surface area contributed by atoms with Crippen LogP contribution in [0.25, 0.3) is 0 Å². The minimum Gasteiger partial charge on any atom is -0.400 e. The summed E-state index contributed by atoms with van der Waals surface area (Å²) in [4.78, 5) is 0. The average Bonchev–Trinajstić information content (AvgIpc) is 2.67. The smallest absolute Gasteiger partial charge is 0.400 e. The fourth-order valence-corrected chi connectivity index (χ4v) is 1.94. The van der Waals surface area contributed by atoms with Gasteiger partial charge in [0.1, 0.15) is 24.4 Å². The van der Waals surface area contributed by atoms with Crippen LogP contribution in [0.2, 0.25) is 5.82 Å². The molecule has 0 spiro atoms. The molecule has 16 heavy (non-hydrogen) atoms. The molecule has 0 radical (unpaired) electrons. The van der Waals surface area contributed by atoms with Crippen LogP contribution in [0.4, 0.5) is 0 Å². The maximum atomic E-state index is 9.80. The quantitative estimate of drug-likeness (QED) is 0.515. The Morgan fingerprint density at radius 1 is 1.19 bits per heavy atom. The van der Waals surface area contributed by atoms with Crippen molar-refractivity contribution >= 4 is 7.12 Å². The van der Waals surface area contributed by atoms with E-state index in [2.05, 4.69) is 0 Å². The van der Waals surface area contributed by atoms with Gasteiger partial charge in [-0.1, -0.05) is 13.8 Å². The Labute approximate surface area is 94.3 Å². The molecule has 2 fully saturated rings. The molecule has 6 nitrogen and oxygen atoms in total. The van der Waals surface area contributed by atoms with Crippen LogP contribution < -0.4 is 0 Å². The van der Waals surface area contributed by atoms with E-state index in [9.17, 15) is 10.2 Å². The molecular weight excluding hydrogens is 215 g/mol. The highest BCUT2D eigenvalue weighted by molar-refractivity contribution is 6.46. The summed E-state index contributed by atoms with van der Waals surface area (Å²) in [5, 5.41) is 28.4. The lowest BCUT2D eigenvalue weighted by Crippen LogP contribution is -2.57. The summed E-state index contributed by atoms with van der Waals surface area (Å²) in [5.41, 5.74) is 0. The van der Waals surface area contributed by atoms with Gasteiger partial charge in [-0.2, -0.15) is 0 Å². The van der Waals surface area contributed by atoms with Gasteiger partial charge in [0.05, 0.1) is 6.61 Å². The molecule has 2 rings (SSSR count). The molecule has 3 N–H and O–H groups in total. The van der Waals surface area contributed by atoms with E-state index in [-0.39, 0.29) is 12.4 Å². The van der Waals surface area contributed by atoms with Crippen molar-refractivity contribution in [2.75, 3.05) is 6.61 Å². The molecule has 0 bridgehead atoms. The van der Waals surface area contributed by atoms with Crippen LogP contribution in [-0.2, 0) is 14.0 Å². The van der Waals surface area contributed by atoms with Gasteiger partial charge in [-0.25, -0.2) is 0 Å². The maximum Gasteiger partial charge on any atom is 0.462 e. The fourth-order valence-electron chi connectivity index (χ4n) is 1.94. The van der Waals surface area contributed by atoms with Crippen molar-refractivity contribution < 1.29 is 29.4 Å². The molecule has 0 aromatic carbocycles. The average molecular weight is 232 g/mol. The summed E-state index contributed by atoms with van der Waals surface area (Å²) < 4.78 is 16.2. The zero-order chi connectivity index (χ0) is 11.9. The lowest BCUT2D eigenvalue weighted by Gasteiger charge is -2.37. The van der Waals surface area contributed by atoms with Crippen LogP contribution in [-0.4, -0.2) is 59.8 Å². The Balaban J connectivity index is 2.07. The first-order valence-electron chi connectivity index (χ1n) is 5.48. The number of hydrogen-bond acceptors (Lipinski definition) is 6. The molecule has 0 saturated carbocycles. The second-order valence-electron chi connectivity index (χ2n) is 4.56. The SMILES string of the molecule is CC(C)B1O[C@H]2O[C@H](CO)[C@@H](O)[C@H](O)[C@H]2O1. The number of aliphatic hydroxyl groups is 3. The van der Waals surface area contributed by atoms with Crippen molar-refractivity contribution in [2.45, 2.75) is 50.4 Å². The highest BCUT2D eigenvalue weighted by atomic mass is 16.8. The van der Waals surface area contributed by atoms with E-state index in [0.29, 0.717) is 0 Å². The van der Waals surface area contributed by atoms with E-state index in [4.69, 9.17) is 19.2 Å². The summed E-state index contributed by atoms with van der Waals surface area (Å²) in [5.74, 6) is 0.131. The minimum atomic E-state index is -1.15. The summed E-state index contributed by atoms with van der Waals surface area (Å²) in [6.07, 6.45) is -4.49. The Morgan fingerprint density at radius 3 is 2.44 bits per heavy atom. The van der Waals surface area contributed by atoms with E-state index in [1.165, 1.54) is 0 Å². The van der Waals surface area contributed by atoms with Gasteiger partial charge in [-0.3, -0.25) is 0 Å². The van der Waals surface area contributed by atoms with E-state index in [1.807, 2.05) is 13.8 Å². The number of hydrogen-bond donors (Lipinski definition) is 3. The Bertz CT molecular complexity index is 250. The van der Waals surface area contributed by atoms with Crippen molar-refractivity contribution in [3.05, 3.63) is 0 Å². The van der Waals surface area contributed by atoms with E-state index < -0.39 is 37.8 Å².